The third-order valence-corrected chi connectivity index (χ3v) is 6.25. The summed E-state index contributed by atoms with van der Waals surface area (Å²) in [6.07, 6.45) is 1.31. The van der Waals surface area contributed by atoms with Crippen molar-refractivity contribution < 1.29 is 14.4 Å². The Morgan fingerprint density at radius 2 is 1.73 bits per heavy atom. The molecule has 0 fully saturated rings. The third kappa shape index (κ3) is 4.46. The molecule has 0 saturated carbocycles. The van der Waals surface area contributed by atoms with Crippen LogP contribution in [0.3, 0.4) is 0 Å². The number of carbonyl (C=O) groups excluding carboxylic acids is 3. The largest absolute Gasteiger partial charge is 0.357 e. The molecule has 170 valence electrons. The first-order valence-electron chi connectivity index (χ1n) is 11.4. The molecule has 0 radical (unpaired) electrons. The van der Waals surface area contributed by atoms with E-state index in [1.165, 1.54) is 0 Å². The molecular weight excluding hydrogens is 414 g/mol. The van der Waals surface area contributed by atoms with Crippen molar-refractivity contribution in [3.63, 3.8) is 0 Å². The summed E-state index contributed by atoms with van der Waals surface area (Å²) < 4.78 is 0. The summed E-state index contributed by atoms with van der Waals surface area (Å²) in [5, 5.41) is 4.70. The molecule has 0 aromatic heterocycles. The third-order valence-electron chi connectivity index (χ3n) is 6.25. The van der Waals surface area contributed by atoms with Gasteiger partial charge in [0.2, 0.25) is 11.8 Å². The van der Waals surface area contributed by atoms with E-state index in [9.17, 15) is 14.4 Å². The molecule has 6 nitrogen and oxygen atoms in total. The van der Waals surface area contributed by atoms with Gasteiger partial charge >= 0.3 is 0 Å². The molecule has 1 N–H and O–H groups in total. The summed E-state index contributed by atoms with van der Waals surface area (Å²) in [5.41, 5.74) is 2.59. The van der Waals surface area contributed by atoms with E-state index in [1.807, 2.05) is 73.7 Å². The second kappa shape index (κ2) is 9.86. The second-order valence-corrected chi connectivity index (χ2v) is 8.29. The number of rotatable bonds is 9. The van der Waals surface area contributed by atoms with Gasteiger partial charge in [-0.15, -0.1) is 0 Å². The van der Waals surface area contributed by atoms with Gasteiger partial charge in [-0.25, -0.2) is 0 Å². The molecule has 6 heteroatoms. The molecule has 0 aliphatic carbocycles. The van der Waals surface area contributed by atoms with E-state index in [2.05, 4.69) is 5.32 Å². The average Bonchev–Trinajstić information content (AvgIpc) is 3.12. The fourth-order valence-electron chi connectivity index (χ4n) is 4.60. The van der Waals surface area contributed by atoms with Crippen LogP contribution >= 0.6 is 0 Å². The predicted molar refractivity (Wildman–Crippen MR) is 130 cm³/mol. The van der Waals surface area contributed by atoms with Crippen molar-refractivity contribution in [1.29, 1.82) is 0 Å². The molecule has 33 heavy (non-hydrogen) atoms. The molecule has 1 atom stereocenters. The number of carbonyl (C=O) groups is 3. The van der Waals surface area contributed by atoms with E-state index < -0.39 is 6.04 Å². The van der Waals surface area contributed by atoms with Gasteiger partial charge in [-0.3, -0.25) is 14.4 Å². The highest BCUT2D eigenvalue weighted by atomic mass is 16.2. The topological polar surface area (TPSA) is 69.7 Å². The van der Waals surface area contributed by atoms with Crippen LogP contribution in [0, 0.1) is 0 Å². The fraction of sp³-hybridized carbons (Fsp3) is 0.296. The lowest BCUT2D eigenvalue weighted by molar-refractivity contribution is -0.141. The molecule has 1 heterocycles. The van der Waals surface area contributed by atoms with Crippen LogP contribution in [-0.4, -0.2) is 42.3 Å². The van der Waals surface area contributed by atoms with E-state index in [1.54, 1.807) is 16.8 Å². The van der Waals surface area contributed by atoms with E-state index in [4.69, 9.17) is 0 Å². The van der Waals surface area contributed by atoms with Crippen LogP contribution < -0.4 is 10.2 Å². The number of amides is 3. The Labute approximate surface area is 194 Å². The van der Waals surface area contributed by atoms with Crippen LogP contribution in [0.5, 0.6) is 0 Å². The molecule has 4 rings (SSSR count). The zero-order valence-corrected chi connectivity index (χ0v) is 19.1. The SMILES string of the molecule is CC[C@@H](C(=O)NC)N(Cc1ccccc1)C(=O)CCCN1C(=O)c2cccc3cccc1c23. The second-order valence-electron chi connectivity index (χ2n) is 8.29. The summed E-state index contributed by atoms with van der Waals surface area (Å²) in [6.45, 7) is 2.74. The van der Waals surface area contributed by atoms with Gasteiger partial charge in [-0.05, 0) is 35.9 Å². The highest BCUT2D eigenvalue weighted by Gasteiger charge is 2.31. The maximum atomic E-state index is 13.3. The van der Waals surface area contributed by atoms with Gasteiger partial charge in [0.25, 0.3) is 5.91 Å². The standard InChI is InChI=1S/C27H29N3O3/c1-3-22(26(32)28-2)30(18-19-10-5-4-6-11-19)24(31)16-9-17-29-23-15-8-13-20-12-7-14-21(25(20)23)27(29)33/h4-8,10-15,22H,3,9,16-18H2,1-2H3,(H,28,32)/t22-/m0/s1. The Hall–Kier alpha value is -3.67. The van der Waals surface area contributed by atoms with Crippen molar-refractivity contribution >= 4 is 34.2 Å². The first-order valence-corrected chi connectivity index (χ1v) is 11.4. The minimum absolute atomic E-state index is 0.0211. The summed E-state index contributed by atoms with van der Waals surface area (Å²) in [7, 11) is 1.59. The molecule has 3 aromatic rings. The summed E-state index contributed by atoms with van der Waals surface area (Å²) in [5.74, 6) is -0.275. The Balaban J connectivity index is 1.47. The van der Waals surface area contributed by atoms with Gasteiger partial charge in [0.05, 0.1) is 5.69 Å². The van der Waals surface area contributed by atoms with E-state index >= 15 is 0 Å². The Bertz CT molecular complexity index is 1170. The first-order chi connectivity index (χ1) is 16.0. The van der Waals surface area contributed by atoms with E-state index in [0.717, 1.165) is 22.0 Å². The van der Waals surface area contributed by atoms with Crippen LogP contribution in [0.2, 0.25) is 0 Å². The van der Waals surface area contributed by atoms with E-state index in [-0.39, 0.29) is 24.1 Å². The van der Waals surface area contributed by atoms with Gasteiger partial charge in [-0.1, -0.05) is 61.5 Å². The Morgan fingerprint density at radius 3 is 2.42 bits per heavy atom. The van der Waals surface area contributed by atoms with Gasteiger partial charge < -0.3 is 15.1 Å². The molecule has 0 unspecified atom stereocenters. The number of anilines is 1. The number of nitrogens with zero attached hydrogens (tertiary/aromatic N) is 2. The van der Waals surface area contributed by atoms with Crippen LogP contribution in [-0.2, 0) is 16.1 Å². The normalized spacial score (nSPS) is 13.3. The van der Waals surface area contributed by atoms with Gasteiger partial charge in [0, 0.05) is 37.5 Å². The maximum Gasteiger partial charge on any atom is 0.258 e. The van der Waals surface area contributed by atoms with Crippen molar-refractivity contribution in [3.05, 3.63) is 77.9 Å². The highest BCUT2D eigenvalue weighted by Crippen LogP contribution is 2.37. The van der Waals surface area contributed by atoms with Crippen molar-refractivity contribution in [2.24, 2.45) is 0 Å². The monoisotopic (exact) mass is 443 g/mol. The molecule has 0 bridgehead atoms. The van der Waals surface area contributed by atoms with Crippen LogP contribution in [0.1, 0.15) is 42.1 Å². The average molecular weight is 444 g/mol. The zero-order valence-electron chi connectivity index (χ0n) is 19.1. The Morgan fingerprint density at radius 1 is 1.00 bits per heavy atom. The van der Waals surface area contributed by atoms with Crippen LogP contribution in [0.15, 0.2) is 66.7 Å². The quantitative estimate of drug-likeness (QED) is 0.541. The molecule has 3 aromatic carbocycles. The minimum Gasteiger partial charge on any atom is -0.357 e. The number of hydrogen-bond acceptors (Lipinski definition) is 3. The molecular formula is C27H29N3O3. The number of nitrogens with one attached hydrogen (secondary N) is 1. The van der Waals surface area contributed by atoms with Crippen molar-refractivity contribution in [3.8, 4) is 0 Å². The Kier molecular flexibility index (Phi) is 6.73. The summed E-state index contributed by atoms with van der Waals surface area (Å²) >= 11 is 0. The lowest BCUT2D eigenvalue weighted by atomic mass is 10.1. The number of hydrogen-bond donors (Lipinski definition) is 1. The molecule has 1 aliphatic heterocycles. The van der Waals surface area contributed by atoms with Crippen molar-refractivity contribution in [1.82, 2.24) is 10.2 Å². The van der Waals surface area contributed by atoms with E-state index in [0.29, 0.717) is 31.5 Å². The predicted octanol–water partition coefficient (Wildman–Crippen LogP) is 4.13. The molecule has 1 aliphatic rings. The van der Waals surface area contributed by atoms with Crippen molar-refractivity contribution in [2.75, 3.05) is 18.5 Å². The van der Waals surface area contributed by atoms with Crippen LogP contribution in [0.4, 0.5) is 5.69 Å². The highest BCUT2D eigenvalue weighted by molar-refractivity contribution is 6.25. The molecule has 0 spiro atoms. The van der Waals surface area contributed by atoms with Crippen molar-refractivity contribution in [2.45, 2.75) is 38.8 Å². The minimum atomic E-state index is -0.533. The summed E-state index contributed by atoms with van der Waals surface area (Å²) in [6, 6.07) is 20.8. The zero-order chi connectivity index (χ0) is 23.4. The van der Waals surface area contributed by atoms with Gasteiger partial charge in [-0.2, -0.15) is 0 Å². The van der Waals surface area contributed by atoms with Gasteiger partial charge in [0.15, 0.2) is 0 Å². The molecule has 3 amide bonds. The number of benzene rings is 3. The fourth-order valence-corrected chi connectivity index (χ4v) is 4.60. The van der Waals surface area contributed by atoms with Gasteiger partial charge in [0.1, 0.15) is 6.04 Å². The van der Waals surface area contributed by atoms with Crippen LogP contribution in [0.25, 0.3) is 10.8 Å². The lowest BCUT2D eigenvalue weighted by Crippen LogP contribution is -2.48. The maximum absolute atomic E-state index is 13.3. The smallest absolute Gasteiger partial charge is 0.258 e. The molecule has 0 saturated heterocycles. The first kappa shape index (κ1) is 22.5. The number of likely N-dealkylation sites (N-methyl/N-ethyl adjacent to an activating group) is 1. The lowest BCUT2D eigenvalue weighted by Gasteiger charge is -2.30. The summed E-state index contributed by atoms with van der Waals surface area (Å²) in [4.78, 5) is 42.2.